The van der Waals surface area contributed by atoms with Crippen molar-refractivity contribution in [2.75, 3.05) is 13.1 Å². The number of aliphatic carboxylic acids is 1. The zero-order valence-corrected chi connectivity index (χ0v) is 9.17. The Labute approximate surface area is 89.6 Å². The highest BCUT2D eigenvalue weighted by Crippen LogP contribution is 2.08. The van der Waals surface area contributed by atoms with Gasteiger partial charge >= 0.3 is 5.97 Å². The van der Waals surface area contributed by atoms with E-state index >= 15 is 0 Å². The van der Waals surface area contributed by atoms with Crippen molar-refractivity contribution >= 4 is 11.9 Å². The van der Waals surface area contributed by atoms with Crippen LogP contribution in [0.5, 0.6) is 0 Å². The average Bonchev–Trinajstić information content (AvgIpc) is 2.17. The molecule has 5 heteroatoms. The Kier molecular flexibility index (Phi) is 5.62. The van der Waals surface area contributed by atoms with Crippen LogP contribution < -0.4 is 10.6 Å². The van der Waals surface area contributed by atoms with E-state index in [4.69, 9.17) is 5.11 Å². The Morgan fingerprint density at radius 1 is 1.53 bits per heavy atom. The van der Waals surface area contributed by atoms with Crippen LogP contribution >= 0.6 is 0 Å². The smallest absolute Gasteiger partial charge is 0.329 e. The second kappa shape index (κ2) is 6.19. The molecule has 0 radical (unpaired) electrons. The highest BCUT2D eigenvalue weighted by atomic mass is 16.4. The third kappa shape index (κ3) is 4.60. The van der Waals surface area contributed by atoms with Crippen molar-refractivity contribution in [2.45, 2.75) is 25.8 Å². The van der Waals surface area contributed by atoms with Crippen LogP contribution in [0.15, 0.2) is 12.7 Å². The van der Waals surface area contributed by atoms with Gasteiger partial charge in [0.1, 0.15) is 5.54 Å². The number of amides is 1. The maximum absolute atomic E-state index is 11.3. The van der Waals surface area contributed by atoms with Gasteiger partial charge in [0.25, 0.3) is 0 Å². The summed E-state index contributed by atoms with van der Waals surface area (Å²) < 4.78 is 0. The van der Waals surface area contributed by atoms with Crippen LogP contribution in [0.4, 0.5) is 0 Å². The quantitative estimate of drug-likeness (QED) is 0.416. The lowest BCUT2D eigenvalue weighted by molar-refractivity contribution is -0.146. The Hall–Kier alpha value is -1.36. The summed E-state index contributed by atoms with van der Waals surface area (Å²) in [6.45, 7) is 7.30. The minimum absolute atomic E-state index is 0.0922. The van der Waals surface area contributed by atoms with Gasteiger partial charge in [0.2, 0.25) is 5.91 Å². The summed E-state index contributed by atoms with van der Waals surface area (Å²) in [6, 6.07) is 0. The maximum Gasteiger partial charge on any atom is 0.329 e. The molecule has 0 spiro atoms. The van der Waals surface area contributed by atoms with Gasteiger partial charge in [0, 0.05) is 6.54 Å². The molecule has 0 saturated heterocycles. The fourth-order valence-corrected chi connectivity index (χ4v) is 0.933. The summed E-state index contributed by atoms with van der Waals surface area (Å²) in [7, 11) is 0. The topological polar surface area (TPSA) is 78.4 Å². The minimum Gasteiger partial charge on any atom is -0.480 e. The molecule has 0 heterocycles. The van der Waals surface area contributed by atoms with E-state index in [1.165, 1.54) is 6.92 Å². The number of hydrogen-bond donors (Lipinski definition) is 3. The summed E-state index contributed by atoms with van der Waals surface area (Å²) in [4.78, 5) is 22.2. The monoisotopic (exact) mass is 214 g/mol. The summed E-state index contributed by atoms with van der Waals surface area (Å²) in [5, 5.41) is 14.2. The molecular formula is C10H18N2O3. The van der Waals surface area contributed by atoms with Gasteiger partial charge in [-0.1, -0.05) is 13.0 Å². The van der Waals surface area contributed by atoms with Crippen molar-refractivity contribution in [1.29, 1.82) is 0 Å². The SMILES string of the molecule is C=CCNCC(=O)NC(C)(CC)C(=O)O. The van der Waals surface area contributed by atoms with Crippen LogP contribution in [-0.4, -0.2) is 35.6 Å². The van der Waals surface area contributed by atoms with Crippen molar-refractivity contribution in [3.8, 4) is 0 Å². The lowest BCUT2D eigenvalue weighted by Crippen LogP contribution is -2.53. The molecule has 0 aromatic rings. The van der Waals surface area contributed by atoms with E-state index in [9.17, 15) is 9.59 Å². The van der Waals surface area contributed by atoms with Crippen molar-refractivity contribution < 1.29 is 14.7 Å². The first-order valence-corrected chi connectivity index (χ1v) is 4.82. The van der Waals surface area contributed by atoms with Crippen LogP contribution in [0.2, 0.25) is 0 Å². The second-order valence-corrected chi connectivity index (χ2v) is 3.46. The molecule has 0 aliphatic rings. The third-order valence-corrected chi connectivity index (χ3v) is 2.17. The Morgan fingerprint density at radius 2 is 2.13 bits per heavy atom. The first kappa shape index (κ1) is 13.6. The van der Waals surface area contributed by atoms with Crippen LogP contribution in [0, 0.1) is 0 Å². The largest absolute Gasteiger partial charge is 0.480 e. The first-order chi connectivity index (χ1) is 6.96. The van der Waals surface area contributed by atoms with E-state index in [1.807, 2.05) is 0 Å². The summed E-state index contributed by atoms with van der Waals surface area (Å²) in [5.41, 5.74) is -1.19. The molecule has 1 unspecified atom stereocenters. The minimum atomic E-state index is -1.19. The van der Waals surface area contributed by atoms with Crippen molar-refractivity contribution in [3.05, 3.63) is 12.7 Å². The molecule has 0 aromatic carbocycles. The molecule has 0 aromatic heterocycles. The Bertz CT molecular complexity index is 253. The van der Waals surface area contributed by atoms with E-state index in [1.54, 1.807) is 13.0 Å². The first-order valence-electron chi connectivity index (χ1n) is 4.82. The summed E-state index contributed by atoms with van der Waals surface area (Å²) in [5.74, 6) is -1.36. The molecule has 5 nitrogen and oxygen atoms in total. The van der Waals surface area contributed by atoms with Crippen molar-refractivity contribution in [3.63, 3.8) is 0 Å². The van der Waals surface area contributed by atoms with Crippen LogP contribution in [0.1, 0.15) is 20.3 Å². The van der Waals surface area contributed by atoms with E-state index in [-0.39, 0.29) is 12.5 Å². The molecule has 0 bridgehead atoms. The zero-order chi connectivity index (χ0) is 11.9. The molecule has 0 fully saturated rings. The number of carboxylic acid groups (broad SMARTS) is 1. The molecule has 86 valence electrons. The van der Waals surface area contributed by atoms with E-state index in [0.717, 1.165) is 0 Å². The predicted molar refractivity (Wildman–Crippen MR) is 57.5 cm³/mol. The number of carbonyl (C=O) groups excluding carboxylic acids is 1. The fraction of sp³-hybridized carbons (Fsp3) is 0.600. The molecule has 0 aliphatic carbocycles. The molecule has 0 aliphatic heterocycles. The van der Waals surface area contributed by atoms with Crippen LogP contribution in [0.3, 0.4) is 0 Å². The second-order valence-electron chi connectivity index (χ2n) is 3.46. The maximum atomic E-state index is 11.3. The van der Waals surface area contributed by atoms with Gasteiger partial charge < -0.3 is 15.7 Å². The molecular weight excluding hydrogens is 196 g/mol. The number of rotatable bonds is 7. The molecule has 3 N–H and O–H groups in total. The van der Waals surface area contributed by atoms with Gasteiger partial charge in [-0.3, -0.25) is 4.79 Å². The zero-order valence-electron chi connectivity index (χ0n) is 9.17. The number of nitrogens with one attached hydrogen (secondary N) is 2. The lowest BCUT2D eigenvalue weighted by Gasteiger charge is -2.24. The van der Waals surface area contributed by atoms with Crippen LogP contribution in [0.25, 0.3) is 0 Å². The highest BCUT2D eigenvalue weighted by molar-refractivity contribution is 5.87. The van der Waals surface area contributed by atoms with E-state index in [2.05, 4.69) is 17.2 Å². The van der Waals surface area contributed by atoms with Crippen molar-refractivity contribution in [1.82, 2.24) is 10.6 Å². The lowest BCUT2D eigenvalue weighted by atomic mass is 9.99. The summed E-state index contributed by atoms with van der Waals surface area (Å²) >= 11 is 0. The Morgan fingerprint density at radius 3 is 2.53 bits per heavy atom. The number of hydrogen-bond acceptors (Lipinski definition) is 3. The van der Waals surface area contributed by atoms with E-state index < -0.39 is 11.5 Å². The Balaban J connectivity index is 4.13. The average molecular weight is 214 g/mol. The van der Waals surface area contributed by atoms with Crippen LogP contribution in [-0.2, 0) is 9.59 Å². The number of carbonyl (C=O) groups is 2. The van der Waals surface area contributed by atoms with Gasteiger partial charge in [-0.15, -0.1) is 6.58 Å². The molecule has 1 atom stereocenters. The van der Waals surface area contributed by atoms with E-state index in [0.29, 0.717) is 13.0 Å². The normalized spacial score (nSPS) is 14.0. The highest BCUT2D eigenvalue weighted by Gasteiger charge is 2.32. The van der Waals surface area contributed by atoms with Gasteiger partial charge in [0.15, 0.2) is 0 Å². The van der Waals surface area contributed by atoms with Gasteiger partial charge in [-0.2, -0.15) is 0 Å². The predicted octanol–water partition coefficient (Wildman–Crippen LogP) is 0.131. The molecule has 0 rings (SSSR count). The van der Waals surface area contributed by atoms with Gasteiger partial charge in [0.05, 0.1) is 6.54 Å². The third-order valence-electron chi connectivity index (χ3n) is 2.17. The fourth-order valence-electron chi connectivity index (χ4n) is 0.933. The molecule has 0 saturated carbocycles. The number of carboxylic acids is 1. The molecule has 1 amide bonds. The van der Waals surface area contributed by atoms with Gasteiger partial charge in [-0.25, -0.2) is 4.79 Å². The summed E-state index contributed by atoms with van der Waals surface area (Å²) in [6.07, 6.45) is 1.97. The van der Waals surface area contributed by atoms with Crippen molar-refractivity contribution in [2.24, 2.45) is 0 Å². The molecule has 15 heavy (non-hydrogen) atoms. The standard InChI is InChI=1S/C10H18N2O3/c1-4-6-11-7-8(13)12-10(3,5-2)9(14)15/h4,11H,1,5-7H2,2-3H3,(H,12,13)(H,14,15). The van der Waals surface area contributed by atoms with Gasteiger partial charge in [-0.05, 0) is 13.3 Å².